The van der Waals surface area contributed by atoms with Crippen molar-refractivity contribution in [1.82, 2.24) is 0 Å². The molecule has 2 heteroatoms. The van der Waals surface area contributed by atoms with Crippen LogP contribution in [0.15, 0.2) is 12.2 Å². The minimum atomic E-state index is -0.841. The standard InChI is InChI=1S/C7H13FS/c1-3-7(9)5-4-6(2)8/h4-7,9H,3H2,1-2H3. The Morgan fingerprint density at radius 1 is 1.56 bits per heavy atom. The molecule has 0 heterocycles. The molecule has 0 aromatic rings. The molecule has 0 fully saturated rings. The number of allylic oxidation sites excluding steroid dienone is 1. The molecule has 0 rings (SSSR count). The molecule has 0 aromatic heterocycles. The third kappa shape index (κ3) is 5.90. The molecule has 0 nitrogen and oxygen atoms in total. The van der Waals surface area contributed by atoms with Gasteiger partial charge in [0.05, 0.1) is 0 Å². The minimum absolute atomic E-state index is 0.211. The summed E-state index contributed by atoms with van der Waals surface area (Å²) in [5.74, 6) is 0. The Hall–Kier alpha value is 0.0200. The third-order valence-corrected chi connectivity index (χ3v) is 1.55. The molecule has 0 saturated heterocycles. The summed E-state index contributed by atoms with van der Waals surface area (Å²) in [6, 6.07) is 0. The van der Waals surface area contributed by atoms with Crippen LogP contribution in [0.1, 0.15) is 20.3 Å². The summed E-state index contributed by atoms with van der Waals surface area (Å²) in [4.78, 5) is 0. The molecule has 0 aliphatic carbocycles. The molecular formula is C7H13FS. The van der Waals surface area contributed by atoms with Gasteiger partial charge >= 0.3 is 0 Å². The molecule has 0 aliphatic heterocycles. The van der Waals surface area contributed by atoms with Gasteiger partial charge in [0, 0.05) is 5.25 Å². The van der Waals surface area contributed by atoms with Crippen molar-refractivity contribution in [3.63, 3.8) is 0 Å². The van der Waals surface area contributed by atoms with E-state index in [-0.39, 0.29) is 5.25 Å². The quantitative estimate of drug-likeness (QED) is 0.461. The lowest BCUT2D eigenvalue weighted by Gasteiger charge is -1.98. The largest absolute Gasteiger partial charge is 0.243 e. The SMILES string of the molecule is CCC(S)C=CC(C)F. The molecule has 9 heavy (non-hydrogen) atoms. The molecule has 0 aromatic carbocycles. The molecular weight excluding hydrogens is 135 g/mol. The van der Waals surface area contributed by atoms with E-state index in [4.69, 9.17) is 0 Å². The molecule has 0 N–H and O–H groups in total. The summed E-state index contributed by atoms with van der Waals surface area (Å²) in [6.07, 6.45) is 3.42. The number of hydrogen-bond acceptors (Lipinski definition) is 1. The highest BCUT2D eigenvalue weighted by atomic mass is 32.1. The summed E-state index contributed by atoms with van der Waals surface area (Å²) in [6.45, 7) is 3.53. The van der Waals surface area contributed by atoms with E-state index in [2.05, 4.69) is 12.6 Å². The monoisotopic (exact) mass is 148 g/mol. The van der Waals surface area contributed by atoms with E-state index in [1.165, 1.54) is 13.0 Å². The van der Waals surface area contributed by atoms with E-state index in [1.807, 2.05) is 6.92 Å². The Labute approximate surface area is 61.6 Å². The van der Waals surface area contributed by atoms with Gasteiger partial charge in [-0.05, 0) is 13.3 Å². The van der Waals surface area contributed by atoms with Gasteiger partial charge in [0.1, 0.15) is 6.17 Å². The van der Waals surface area contributed by atoms with Crippen LogP contribution in [0.25, 0.3) is 0 Å². The minimum Gasteiger partial charge on any atom is -0.243 e. The zero-order valence-corrected chi connectivity index (χ0v) is 6.74. The number of hydrogen-bond donors (Lipinski definition) is 1. The first-order valence-corrected chi connectivity index (χ1v) is 3.69. The van der Waals surface area contributed by atoms with Gasteiger partial charge in [-0.2, -0.15) is 12.6 Å². The van der Waals surface area contributed by atoms with Gasteiger partial charge in [0.25, 0.3) is 0 Å². The lowest BCUT2D eigenvalue weighted by Crippen LogP contribution is -1.91. The first-order chi connectivity index (χ1) is 4.16. The molecule has 2 atom stereocenters. The Kier molecular flexibility index (Phi) is 4.87. The van der Waals surface area contributed by atoms with Gasteiger partial charge in [0.15, 0.2) is 0 Å². The van der Waals surface area contributed by atoms with Crippen molar-refractivity contribution in [2.24, 2.45) is 0 Å². The van der Waals surface area contributed by atoms with Crippen LogP contribution in [0.4, 0.5) is 4.39 Å². The molecule has 54 valence electrons. The van der Waals surface area contributed by atoms with E-state index in [1.54, 1.807) is 6.08 Å². The molecule has 0 spiro atoms. The highest BCUT2D eigenvalue weighted by molar-refractivity contribution is 7.81. The van der Waals surface area contributed by atoms with E-state index in [0.29, 0.717) is 0 Å². The van der Waals surface area contributed by atoms with E-state index in [9.17, 15) is 4.39 Å². The first-order valence-electron chi connectivity index (χ1n) is 3.17. The van der Waals surface area contributed by atoms with Crippen molar-refractivity contribution in [2.45, 2.75) is 31.7 Å². The van der Waals surface area contributed by atoms with Crippen molar-refractivity contribution in [3.05, 3.63) is 12.2 Å². The molecule has 0 bridgehead atoms. The molecule has 0 saturated carbocycles. The van der Waals surface area contributed by atoms with Crippen LogP contribution in [0.2, 0.25) is 0 Å². The van der Waals surface area contributed by atoms with Crippen LogP contribution >= 0.6 is 12.6 Å². The maximum atomic E-state index is 12.1. The number of rotatable bonds is 3. The van der Waals surface area contributed by atoms with Gasteiger partial charge in [-0.1, -0.05) is 19.1 Å². The van der Waals surface area contributed by atoms with Gasteiger partial charge < -0.3 is 0 Å². The normalized spacial score (nSPS) is 18.2. The average Bonchev–Trinajstić information content (AvgIpc) is 1.83. The van der Waals surface area contributed by atoms with E-state index >= 15 is 0 Å². The topological polar surface area (TPSA) is 0 Å². The maximum absolute atomic E-state index is 12.1. The fourth-order valence-electron chi connectivity index (χ4n) is 0.417. The second-order valence-corrected chi connectivity index (χ2v) is 2.70. The predicted octanol–water partition coefficient (Wildman–Crippen LogP) is 2.61. The highest BCUT2D eigenvalue weighted by Gasteiger charge is 1.93. The maximum Gasteiger partial charge on any atom is 0.115 e. The van der Waals surface area contributed by atoms with Gasteiger partial charge in [-0.15, -0.1) is 0 Å². The van der Waals surface area contributed by atoms with Crippen molar-refractivity contribution in [3.8, 4) is 0 Å². The van der Waals surface area contributed by atoms with Crippen LogP contribution in [0, 0.1) is 0 Å². The summed E-state index contributed by atoms with van der Waals surface area (Å²) in [7, 11) is 0. The Balaban J connectivity index is 3.43. The Bertz CT molecular complexity index is 88.9. The third-order valence-electron chi connectivity index (χ3n) is 1.02. The first kappa shape index (κ1) is 9.02. The van der Waals surface area contributed by atoms with Crippen LogP contribution < -0.4 is 0 Å². The number of thiol groups is 1. The molecule has 2 unspecified atom stereocenters. The zero-order valence-electron chi connectivity index (χ0n) is 5.84. The number of halogens is 1. The predicted molar refractivity (Wildman–Crippen MR) is 42.8 cm³/mol. The summed E-state index contributed by atoms with van der Waals surface area (Å²) in [5, 5.41) is 0.211. The molecule has 0 radical (unpaired) electrons. The van der Waals surface area contributed by atoms with E-state index < -0.39 is 6.17 Å². The summed E-state index contributed by atoms with van der Waals surface area (Å²) in [5.41, 5.74) is 0. The van der Waals surface area contributed by atoms with Crippen LogP contribution in [-0.4, -0.2) is 11.4 Å². The van der Waals surface area contributed by atoms with Crippen molar-refractivity contribution in [1.29, 1.82) is 0 Å². The average molecular weight is 148 g/mol. The fraction of sp³-hybridized carbons (Fsp3) is 0.714. The van der Waals surface area contributed by atoms with Gasteiger partial charge in [0.2, 0.25) is 0 Å². The fourth-order valence-corrected chi connectivity index (χ4v) is 0.517. The van der Waals surface area contributed by atoms with Gasteiger partial charge in [-0.3, -0.25) is 0 Å². The molecule has 0 amide bonds. The molecule has 0 aliphatic rings. The number of alkyl halides is 1. The Morgan fingerprint density at radius 2 is 2.11 bits per heavy atom. The summed E-state index contributed by atoms with van der Waals surface area (Å²) >= 11 is 4.15. The highest BCUT2D eigenvalue weighted by Crippen LogP contribution is 2.03. The van der Waals surface area contributed by atoms with Crippen molar-refractivity contribution >= 4 is 12.6 Å². The second-order valence-electron chi connectivity index (χ2n) is 2.04. The Morgan fingerprint density at radius 3 is 2.44 bits per heavy atom. The van der Waals surface area contributed by atoms with Crippen LogP contribution in [0.5, 0.6) is 0 Å². The smallest absolute Gasteiger partial charge is 0.115 e. The van der Waals surface area contributed by atoms with Gasteiger partial charge in [-0.25, -0.2) is 4.39 Å². The van der Waals surface area contributed by atoms with Crippen molar-refractivity contribution in [2.75, 3.05) is 0 Å². The summed E-state index contributed by atoms with van der Waals surface area (Å²) < 4.78 is 12.1. The second kappa shape index (κ2) is 4.86. The van der Waals surface area contributed by atoms with Crippen molar-refractivity contribution < 1.29 is 4.39 Å². The zero-order chi connectivity index (χ0) is 7.28. The van der Waals surface area contributed by atoms with Crippen LogP contribution in [0.3, 0.4) is 0 Å². The lowest BCUT2D eigenvalue weighted by atomic mass is 10.3. The van der Waals surface area contributed by atoms with E-state index in [0.717, 1.165) is 6.42 Å². The van der Waals surface area contributed by atoms with Crippen LogP contribution in [-0.2, 0) is 0 Å². The lowest BCUT2D eigenvalue weighted by molar-refractivity contribution is 0.430.